The number of nitrogens with one attached hydrogen (secondary N) is 2. The summed E-state index contributed by atoms with van der Waals surface area (Å²) in [7, 11) is 1.71. The molecular weight excluding hydrogens is 352 g/mol. The highest BCUT2D eigenvalue weighted by molar-refractivity contribution is 7.16. The molecule has 0 aliphatic carbocycles. The van der Waals surface area contributed by atoms with Gasteiger partial charge in [0.1, 0.15) is 5.82 Å². The fourth-order valence-corrected chi connectivity index (χ4v) is 3.96. The average molecular weight is 372 g/mol. The number of aliphatic hydroxyl groups excluding tert-OH is 1. The first-order chi connectivity index (χ1) is 12.8. The first kappa shape index (κ1) is 17.0. The normalized spacial score (nSPS) is 13.2. The Morgan fingerprint density at radius 1 is 1.38 bits per heavy atom. The molecule has 0 unspecified atom stereocenters. The van der Waals surface area contributed by atoms with Crippen molar-refractivity contribution in [2.24, 2.45) is 0 Å². The van der Waals surface area contributed by atoms with Gasteiger partial charge in [-0.3, -0.25) is 5.10 Å². The number of anilines is 3. The minimum absolute atomic E-state index is 0.0838. The van der Waals surface area contributed by atoms with E-state index >= 15 is 0 Å². The summed E-state index contributed by atoms with van der Waals surface area (Å²) in [6.45, 7) is 2.24. The highest BCUT2D eigenvalue weighted by Crippen LogP contribution is 2.39. The van der Waals surface area contributed by atoms with E-state index in [9.17, 15) is 5.11 Å². The lowest BCUT2D eigenvalue weighted by Gasteiger charge is -2.20. The van der Waals surface area contributed by atoms with Gasteiger partial charge >= 0.3 is 0 Å². The maximum absolute atomic E-state index is 9.24. The van der Waals surface area contributed by atoms with Gasteiger partial charge in [-0.25, -0.2) is 9.97 Å². The molecule has 136 valence electrons. The molecule has 3 N–H and O–H groups in total. The van der Waals surface area contributed by atoms with E-state index in [0.717, 1.165) is 41.7 Å². The molecule has 8 nitrogen and oxygen atoms in total. The van der Waals surface area contributed by atoms with Crippen molar-refractivity contribution in [3.05, 3.63) is 35.0 Å². The summed E-state index contributed by atoms with van der Waals surface area (Å²) in [6, 6.07) is 5.51. The largest absolute Gasteiger partial charge is 0.390 e. The van der Waals surface area contributed by atoms with Crippen LogP contribution in [-0.2, 0) is 17.8 Å². The third kappa shape index (κ3) is 3.28. The van der Waals surface area contributed by atoms with Crippen LogP contribution in [0.15, 0.2) is 24.4 Å². The molecule has 0 radical (unpaired) electrons. The van der Waals surface area contributed by atoms with Crippen LogP contribution in [-0.4, -0.2) is 52.1 Å². The molecule has 1 aliphatic rings. The van der Waals surface area contributed by atoms with Crippen molar-refractivity contribution < 1.29 is 9.84 Å². The van der Waals surface area contributed by atoms with Crippen LogP contribution in [0.5, 0.6) is 0 Å². The van der Waals surface area contributed by atoms with Gasteiger partial charge in [0.2, 0.25) is 0 Å². The summed E-state index contributed by atoms with van der Waals surface area (Å²) in [5.41, 5.74) is 2.59. The van der Waals surface area contributed by atoms with Crippen molar-refractivity contribution in [2.45, 2.75) is 13.0 Å². The molecular formula is C17H20N6O2S. The van der Waals surface area contributed by atoms with Gasteiger partial charge in [-0.2, -0.15) is 5.10 Å². The van der Waals surface area contributed by atoms with Gasteiger partial charge < -0.3 is 20.1 Å². The number of aromatic amines is 1. The van der Waals surface area contributed by atoms with Gasteiger partial charge in [-0.1, -0.05) is 6.07 Å². The SMILES string of the molecule is COCCN1CCc2sc(Nc3cccc(CO)n3)nc2-c2c[nH]nc21. The Hall–Kier alpha value is -2.49. The van der Waals surface area contributed by atoms with Crippen molar-refractivity contribution >= 4 is 28.1 Å². The van der Waals surface area contributed by atoms with E-state index in [1.165, 1.54) is 4.88 Å². The molecule has 0 amide bonds. The number of ether oxygens (including phenoxy) is 1. The maximum Gasteiger partial charge on any atom is 0.189 e. The van der Waals surface area contributed by atoms with Crippen LogP contribution in [0.3, 0.4) is 0 Å². The molecule has 0 atom stereocenters. The van der Waals surface area contributed by atoms with Gasteiger partial charge in [-0.05, 0) is 12.1 Å². The number of nitrogens with zero attached hydrogens (tertiary/aromatic N) is 4. The van der Waals surface area contributed by atoms with Crippen molar-refractivity contribution in [1.82, 2.24) is 20.2 Å². The number of H-pyrrole nitrogens is 1. The number of methoxy groups -OCH3 is 1. The van der Waals surface area contributed by atoms with E-state index < -0.39 is 0 Å². The number of aliphatic hydroxyl groups is 1. The van der Waals surface area contributed by atoms with Gasteiger partial charge in [0.15, 0.2) is 10.9 Å². The number of fused-ring (bicyclic) bond motifs is 3. The molecule has 0 saturated carbocycles. The molecule has 26 heavy (non-hydrogen) atoms. The number of thiazole rings is 1. The van der Waals surface area contributed by atoms with Crippen LogP contribution in [0.4, 0.5) is 16.8 Å². The number of hydrogen-bond acceptors (Lipinski definition) is 8. The number of aromatic nitrogens is 4. The van der Waals surface area contributed by atoms with Gasteiger partial charge in [0.05, 0.1) is 30.2 Å². The molecule has 0 aromatic carbocycles. The van der Waals surface area contributed by atoms with E-state index in [-0.39, 0.29) is 6.61 Å². The number of hydrogen-bond donors (Lipinski definition) is 3. The number of rotatable bonds is 6. The molecule has 0 saturated heterocycles. The lowest BCUT2D eigenvalue weighted by Crippen LogP contribution is -2.29. The molecule has 0 spiro atoms. The van der Waals surface area contributed by atoms with E-state index in [0.29, 0.717) is 18.1 Å². The molecule has 9 heteroatoms. The van der Waals surface area contributed by atoms with Crippen LogP contribution in [0.2, 0.25) is 0 Å². The van der Waals surface area contributed by atoms with E-state index in [1.54, 1.807) is 24.5 Å². The van der Waals surface area contributed by atoms with E-state index in [4.69, 9.17) is 9.72 Å². The minimum Gasteiger partial charge on any atom is -0.390 e. The van der Waals surface area contributed by atoms with Crippen molar-refractivity contribution in [2.75, 3.05) is 37.0 Å². The molecule has 0 fully saturated rings. The predicted octanol–water partition coefficient (Wildman–Crippen LogP) is 2.17. The van der Waals surface area contributed by atoms with Crippen molar-refractivity contribution in [3.8, 4) is 11.3 Å². The average Bonchev–Trinajstić information content (AvgIpc) is 3.26. The van der Waals surface area contributed by atoms with Gasteiger partial charge in [0.25, 0.3) is 0 Å². The van der Waals surface area contributed by atoms with Crippen LogP contribution < -0.4 is 10.2 Å². The Morgan fingerprint density at radius 3 is 3.15 bits per heavy atom. The van der Waals surface area contributed by atoms with Gasteiger partial charge in [-0.15, -0.1) is 11.3 Å². The summed E-state index contributed by atoms with van der Waals surface area (Å²) in [5.74, 6) is 1.59. The monoisotopic (exact) mass is 372 g/mol. The Labute approximate surface area is 154 Å². The zero-order chi connectivity index (χ0) is 17.9. The highest BCUT2D eigenvalue weighted by Gasteiger charge is 2.25. The molecule has 3 aromatic heterocycles. The highest BCUT2D eigenvalue weighted by atomic mass is 32.1. The summed E-state index contributed by atoms with van der Waals surface area (Å²) >= 11 is 1.63. The molecule has 3 aromatic rings. The fourth-order valence-electron chi connectivity index (χ4n) is 2.99. The van der Waals surface area contributed by atoms with Crippen LogP contribution in [0.1, 0.15) is 10.6 Å². The summed E-state index contributed by atoms with van der Waals surface area (Å²) in [6.07, 6.45) is 2.80. The van der Waals surface area contributed by atoms with Crippen LogP contribution in [0.25, 0.3) is 11.3 Å². The first-order valence-electron chi connectivity index (χ1n) is 8.40. The Morgan fingerprint density at radius 2 is 2.31 bits per heavy atom. The minimum atomic E-state index is -0.0838. The zero-order valence-electron chi connectivity index (χ0n) is 14.4. The maximum atomic E-state index is 9.24. The number of pyridine rings is 1. The van der Waals surface area contributed by atoms with Crippen LogP contribution >= 0.6 is 11.3 Å². The quantitative estimate of drug-likeness (QED) is 0.610. The molecule has 0 bridgehead atoms. The smallest absolute Gasteiger partial charge is 0.189 e. The van der Waals surface area contributed by atoms with Gasteiger partial charge in [0, 0.05) is 37.7 Å². The lowest BCUT2D eigenvalue weighted by atomic mass is 10.2. The second kappa shape index (κ2) is 7.40. The third-order valence-corrected chi connectivity index (χ3v) is 5.28. The third-order valence-electron chi connectivity index (χ3n) is 4.25. The second-order valence-corrected chi connectivity index (χ2v) is 7.02. The fraction of sp³-hybridized carbons (Fsp3) is 0.353. The van der Waals surface area contributed by atoms with Crippen molar-refractivity contribution in [1.29, 1.82) is 0 Å². The van der Waals surface area contributed by atoms with E-state index in [1.807, 2.05) is 18.3 Å². The van der Waals surface area contributed by atoms with E-state index in [2.05, 4.69) is 25.4 Å². The summed E-state index contributed by atoms with van der Waals surface area (Å²) in [4.78, 5) is 12.6. The zero-order valence-corrected chi connectivity index (χ0v) is 15.2. The lowest BCUT2D eigenvalue weighted by molar-refractivity contribution is 0.205. The Kier molecular flexibility index (Phi) is 4.83. The first-order valence-corrected chi connectivity index (χ1v) is 9.21. The standard InChI is InChI=1S/C17H20N6O2S/c1-25-8-7-23-6-5-13-15(12-9-18-22-16(12)23)21-17(26-13)20-14-4-2-3-11(10-24)19-14/h2-4,9,24H,5-8,10H2,1H3,(H,18,22)(H,19,20,21). The molecule has 4 heterocycles. The molecule has 4 rings (SSSR count). The topological polar surface area (TPSA) is 99.2 Å². The van der Waals surface area contributed by atoms with Crippen LogP contribution in [0, 0.1) is 0 Å². The van der Waals surface area contributed by atoms with Crippen molar-refractivity contribution in [3.63, 3.8) is 0 Å². The molecule has 1 aliphatic heterocycles. The predicted molar refractivity (Wildman–Crippen MR) is 101 cm³/mol. The Bertz CT molecular complexity index is 893. The summed E-state index contributed by atoms with van der Waals surface area (Å²) < 4.78 is 5.21. The summed E-state index contributed by atoms with van der Waals surface area (Å²) in [5, 5.41) is 20.6. The Balaban J connectivity index is 1.61. The second-order valence-electron chi connectivity index (χ2n) is 5.94.